The van der Waals surface area contributed by atoms with Crippen molar-refractivity contribution in [1.29, 1.82) is 0 Å². The van der Waals surface area contributed by atoms with Crippen molar-refractivity contribution in [2.75, 3.05) is 7.11 Å². The lowest BCUT2D eigenvalue weighted by Gasteiger charge is -1.96. The highest BCUT2D eigenvalue weighted by Crippen LogP contribution is 2.23. The van der Waals surface area contributed by atoms with Crippen LogP contribution in [0.15, 0.2) is 36.7 Å². The van der Waals surface area contributed by atoms with Crippen molar-refractivity contribution in [2.45, 2.75) is 0 Å². The fourth-order valence-corrected chi connectivity index (χ4v) is 1.79. The Hall–Kier alpha value is -2.43. The van der Waals surface area contributed by atoms with Crippen LogP contribution in [0.3, 0.4) is 0 Å². The number of imidazole rings is 1. The Labute approximate surface area is 102 Å². The molecule has 0 aliphatic carbocycles. The summed E-state index contributed by atoms with van der Waals surface area (Å²) in [6, 6.07) is 6.91. The van der Waals surface area contributed by atoms with Crippen molar-refractivity contribution >= 4 is 11.0 Å². The van der Waals surface area contributed by atoms with E-state index in [1.807, 2.05) is 18.2 Å². The number of ether oxygens (including phenoxy) is 1. The topological polar surface area (TPSA) is 50.8 Å². The maximum atomic E-state index is 13.1. The molecule has 5 heteroatoms. The molecule has 0 saturated carbocycles. The number of halogens is 1. The maximum Gasteiger partial charge on any atom is 0.142 e. The molecule has 18 heavy (non-hydrogen) atoms. The fourth-order valence-electron chi connectivity index (χ4n) is 1.79. The van der Waals surface area contributed by atoms with Crippen LogP contribution in [0.1, 0.15) is 0 Å². The zero-order valence-corrected chi connectivity index (χ0v) is 9.64. The molecule has 1 aromatic carbocycles. The molecule has 0 radical (unpaired) electrons. The van der Waals surface area contributed by atoms with Crippen molar-refractivity contribution in [2.24, 2.45) is 0 Å². The molecule has 1 N–H and O–H groups in total. The quantitative estimate of drug-likeness (QED) is 0.753. The molecule has 0 amide bonds. The van der Waals surface area contributed by atoms with E-state index in [0.717, 1.165) is 23.0 Å². The zero-order chi connectivity index (χ0) is 12.5. The van der Waals surface area contributed by atoms with Crippen LogP contribution in [0, 0.1) is 5.82 Å². The van der Waals surface area contributed by atoms with Crippen LogP contribution in [-0.4, -0.2) is 22.1 Å². The van der Waals surface area contributed by atoms with E-state index in [9.17, 15) is 4.39 Å². The Kier molecular flexibility index (Phi) is 2.44. The molecule has 4 nitrogen and oxygen atoms in total. The number of hydrogen-bond acceptors (Lipinski definition) is 3. The Bertz CT molecular complexity index is 708. The summed E-state index contributed by atoms with van der Waals surface area (Å²) in [4.78, 5) is 11.3. The average Bonchev–Trinajstić information content (AvgIpc) is 2.81. The van der Waals surface area contributed by atoms with E-state index >= 15 is 0 Å². The van der Waals surface area contributed by atoms with E-state index in [1.54, 1.807) is 13.3 Å². The fraction of sp³-hybridized carbons (Fsp3) is 0.0769. The number of nitrogens with one attached hydrogen (secondary N) is 1. The molecule has 0 fully saturated rings. The van der Waals surface area contributed by atoms with E-state index in [0.29, 0.717) is 11.4 Å². The number of nitrogens with zero attached hydrogens (tertiary/aromatic N) is 2. The van der Waals surface area contributed by atoms with Gasteiger partial charge in [-0.1, -0.05) is 0 Å². The Morgan fingerprint density at radius 3 is 2.89 bits per heavy atom. The van der Waals surface area contributed by atoms with Crippen LogP contribution in [-0.2, 0) is 0 Å². The number of fused-ring (bicyclic) bond motifs is 1. The summed E-state index contributed by atoms with van der Waals surface area (Å²) >= 11 is 0. The Balaban J connectivity index is 2.13. The second-order valence-corrected chi connectivity index (χ2v) is 3.86. The maximum absolute atomic E-state index is 13.1. The second kappa shape index (κ2) is 4.10. The molecule has 2 aromatic heterocycles. The van der Waals surface area contributed by atoms with Crippen LogP contribution < -0.4 is 4.74 Å². The highest BCUT2D eigenvalue weighted by atomic mass is 19.1. The van der Waals surface area contributed by atoms with Crippen molar-refractivity contribution in [1.82, 2.24) is 15.0 Å². The predicted octanol–water partition coefficient (Wildman–Crippen LogP) is 2.77. The number of pyridine rings is 1. The summed E-state index contributed by atoms with van der Waals surface area (Å²) in [6.07, 6.45) is 2.73. The summed E-state index contributed by atoms with van der Waals surface area (Å²) in [6.45, 7) is 0. The summed E-state index contributed by atoms with van der Waals surface area (Å²) in [5, 5.41) is 0. The number of rotatable bonds is 2. The number of benzene rings is 1. The first kappa shape index (κ1) is 10.7. The van der Waals surface area contributed by atoms with Crippen LogP contribution in [0.2, 0.25) is 0 Å². The SMILES string of the molecule is COc1ccc2nc(-c3cncc(F)c3)[nH]c2c1. The van der Waals surface area contributed by atoms with E-state index in [2.05, 4.69) is 15.0 Å². The molecule has 2 heterocycles. The van der Waals surface area contributed by atoms with Gasteiger partial charge in [0.05, 0.1) is 24.3 Å². The number of aromatic amines is 1. The summed E-state index contributed by atoms with van der Waals surface area (Å²) in [5.74, 6) is 0.950. The smallest absolute Gasteiger partial charge is 0.142 e. The molecule has 3 aromatic rings. The highest BCUT2D eigenvalue weighted by molar-refractivity contribution is 5.80. The van der Waals surface area contributed by atoms with E-state index in [1.165, 1.54) is 6.07 Å². The molecule has 0 aliphatic heterocycles. The van der Waals surface area contributed by atoms with Gasteiger partial charge in [-0.3, -0.25) is 4.98 Å². The minimum atomic E-state index is -0.384. The minimum absolute atomic E-state index is 0.384. The lowest BCUT2D eigenvalue weighted by molar-refractivity contribution is 0.415. The summed E-state index contributed by atoms with van der Waals surface area (Å²) in [7, 11) is 1.61. The first-order chi connectivity index (χ1) is 8.76. The third-order valence-corrected chi connectivity index (χ3v) is 2.67. The van der Waals surface area contributed by atoms with E-state index < -0.39 is 0 Å². The van der Waals surface area contributed by atoms with Crippen molar-refractivity contribution in [3.05, 3.63) is 42.5 Å². The van der Waals surface area contributed by atoms with Gasteiger partial charge >= 0.3 is 0 Å². The Morgan fingerprint density at radius 1 is 1.22 bits per heavy atom. The molecule has 0 aliphatic rings. The number of methoxy groups -OCH3 is 1. The molecule has 0 spiro atoms. The molecule has 0 atom stereocenters. The predicted molar refractivity (Wildman–Crippen MR) is 65.8 cm³/mol. The third kappa shape index (κ3) is 1.79. The van der Waals surface area contributed by atoms with E-state index in [4.69, 9.17) is 4.74 Å². The van der Waals surface area contributed by atoms with Gasteiger partial charge in [0.15, 0.2) is 0 Å². The number of hydrogen-bond donors (Lipinski definition) is 1. The van der Waals surface area contributed by atoms with Crippen molar-refractivity contribution in [3.8, 4) is 17.1 Å². The average molecular weight is 243 g/mol. The molecule has 0 bridgehead atoms. The van der Waals surface area contributed by atoms with Crippen LogP contribution in [0.5, 0.6) is 5.75 Å². The van der Waals surface area contributed by atoms with Gasteiger partial charge in [-0.15, -0.1) is 0 Å². The Morgan fingerprint density at radius 2 is 2.11 bits per heavy atom. The first-order valence-electron chi connectivity index (χ1n) is 5.41. The van der Waals surface area contributed by atoms with Crippen LogP contribution in [0.4, 0.5) is 4.39 Å². The monoisotopic (exact) mass is 243 g/mol. The van der Waals surface area contributed by atoms with Crippen LogP contribution >= 0.6 is 0 Å². The van der Waals surface area contributed by atoms with Crippen molar-refractivity contribution in [3.63, 3.8) is 0 Å². The standard InChI is InChI=1S/C13H10FN3O/c1-18-10-2-3-11-12(5-10)17-13(16-11)8-4-9(14)7-15-6-8/h2-7H,1H3,(H,16,17). The highest BCUT2D eigenvalue weighted by Gasteiger charge is 2.07. The number of aromatic nitrogens is 3. The van der Waals surface area contributed by atoms with E-state index in [-0.39, 0.29) is 5.82 Å². The largest absolute Gasteiger partial charge is 0.497 e. The van der Waals surface area contributed by atoms with Gasteiger partial charge < -0.3 is 9.72 Å². The molecule has 0 saturated heterocycles. The minimum Gasteiger partial charge on any atom is -0.497 e. The second-order valence-electron chi connectivity index (χ2n) is 3.86. The van der Waals surface area contributed by atoms with Gasteiger partial charge in [-0.25, -0.2) is 9.37 Å². The van der Waals surface area contributed by atoms with Gasteiger partial charge in [-0.05, 0) is 18.2 Å². The summed E-state index contributed by atoms with van der Waals surface area (Å²) < 4.78 is 18.2. The molecular formula is C13H10FN3O. The van der Waals surface area contributed by atoms with Gasteiger partial charge in [0.25, 0.3) is 0 Å². The van der Waals surface area contributed by atoms with Gasteiger partial charge in [-0.2, -0.15) is 0 Å². The van der Waals surface area contributed by atoms with Gasteiger partial charge in [0.1, 0.15) is 17.4 Å². The summed E-state index contributed by atoms with van der Waals surface area (Å²) in [5.41, 5.74) is 2.26. The lowest BCUT2D eigenvalue weighted by atomic mass is 10.3. The molecule has 3 rings (SSSR count). The molecule has 0 unspecified atom stereocenters. The lowest BCUT2D eigenvalue weighted by Crippen LogP contribution is -1.84. The number of H-pyrrole nitrogens is 1. The van der Waals surface area contributed by atoms with Crippen LogP contribution in [0.25, 0.3) is 22.4 Å². The van der Waals surface area contributed by atoms with Gasteiger partial charge in [0.2, 0.25) is 0 Å². The van der Waals surface area contributed by atoms with Crippen molar-refractivity contribution < 1.29 is 9.13 Å². The third-order valence-electron chi connectivity index (χ3n) is 2.67. The first-order valence-corrected chi connectivity index (χ1v) is 5.41. The molecule has 90 valence electrons. The zero-order valence-electron chi connectivity index (χ0n) is 9.64. The van der Waals surface area contributed by atoms with Gasteiger partial charge in [0, 0.05) is 17.8 Å². The normalized spacial score (nSPS) is 10.8. The molecular weight excluding hydrogens is 233 g/mol.